The minimum absolute atomic E-state index is 0.291. The van der Waals surface area contributed by atoms with E-state index >= 15 is 0 Å². The standard InChI is InChI=1S/C29H30N4O3S2/c1-2-36-29(35)23-19-10-6-7-11-22(19)37-28(23)32-26(34)25-24(30)20-14-18-16-33(15-17-8-4-3-5-9-17)13-12-21(18)31-27(20)38-25/h3-5,8-9,14H,2,6-7,10-13,15-16,30H2,1H3,(H,32,34). The van der Waals surface area contributed by atoms with Gasteiger partial charge in [0.15, 0.2) is 0 Å². The maximum Gasteiger partial charge on any atom is 0.341 e. The summed E-state index contributed by atoms with van der Waals surface area (Å²) in [6.45, 7) is 4.71. The van der Waals surface area contributed by atoms with Gasteiger partial charge in [0.05, 0.1) is 17.9 Å². The summed E-state index contributed by atoms with van der Waals surface area (Å²) >= 11 is 2.80. The van der Waals surface area contributed by atoms with Gasteiger partial charge in [-0.25, -0.2) is 9.78 Å². The average Bonchev–Trinajstić information content (AvgIpc) is 3.45. The summed E-state index contributed by atoms with van der Waals surface area (Å²) in [5.41, 5.74) is 12.0. The number of thiophene rings is 2. The second-order valence-corrected chi connectivity index (χ2v) is 11.9. The van der Waals surface area contributed by atoms with Gasteiger partial charge in [0, 0.05) is 42.0 Å². The first kappa shape index (κ1) is 25.0. The van der Waals surface area contributed by atoms with Crippen molar-refractivity contribution >= 4 is 55.5 Å². The molecular formula is C29H30N4O3S2. The summed E-state index contributed by atoms with van der Waals surface area (Å²) in [5, 5.41) is 4.37. The second kappa shape index (κ2) is 10.5. The molecule has 1 aromatic carbocycles. The van der Waals surface area contributed by atoms with Crippen molar-refractivity contribution in [3.63, 3.8) is 0 Å². The lowest BCUT2D eigenvalue weighted by Gasteiger charge is -2.28. The highest BCUT2D eigenvalue weighted by Gasteiger charge is 2.29. The summed E-state index contributed by atoms with van der Waals surface area (Å²) in [6.07, 6.45) is 4.74. The van der Waals surface area contributed by atoms with Gasteiger partial charge in [-0.1, -0.05) is 30.3 Å². The Balaban J connectivity index is 1.27. The van der Waals surface area contributed by atoms with E-state index in [4.69, 9.17) is 15.5 Å². The molecule has 38 heavy (non-hydrogen) atoms. The van der Waals surface area contributed by atoms with Crippen LogP contribution < -0.4 is 11.1 Å². The number of benzene rings is 1. The van der Waals surface area contributed by atoms with Crippen molar-refractivity contribution < 1.29 is 14.3 Å². The van der Waals surface area contributed by atoms with E-state index in [-0.39, 0.29) is 11.9 Å². The van der Waals surface area contributed by atoms with Gasteiger partial charge in [-0.2, -0.15) is 0 Å². The monoisotopic (exact) mass is 546 g/mol. The molecule has 7 nitrogen and oxygen atoms in total. The Kier molecular flexibility index (Phi) is 6.90. The Bertz CT molecular complexity index is 1530. The maximum atomic E-state index is 13.5. The molecule has 0 unspecified atom stereocenters. The van der Waals surface area contributed by atoms with Crippen molar-refractivity contribution in [3.8, 4) is 0 Å². The zero-order chi connectivity index (χ0) is 26.2. The Hall–Kier alpha value is -3.27. The van der Waals surface area contributed by atoms with E-state index in [0.29, 0.717) is 27.7 Å². The Labute approximate surface area is 229 Å². The smallest absolute Gasteiger partial charge is 0.341 e. The van der Waals surface area contributed by atoms with Crippen molar-refractivity contribution in [2.24, 2.45) is 0 Å². The van der Waals surface area contributed by atoms with Crippen molar-refractivity contribution in [1.82, 2.24) is 9.88 Å². The molecule has 1 aliphatic carbocycles. The molecule has 4 heterocycles. The van der Waals surface area contributed by atoms with Crippen LogP contribution in [-0.2, 0) is 37.1 Å². The zero-order valence-corrected chi connectivity index (χ0v) is 23.0. The number of esters is 1. The molecule has 196 valence electrons. The van der Waals surface area contributed by atoms with Gasteiger partial charge >= 0.3 is 5.97 Å². The van der Waals surface area contributed by atoms with Gasteiger partial charge in [0.25, 0.3) is 5.91 Å². The Morgan fingerprint density at radius 2 is 1.95 bits per heavy atom. The van der Waals surface area contributed by atoms with Gasteiger partial charge in [-0.15, -0.1) is 22.7 Å². The fraction of sp³-hybridized carbons (Fsp3) is 0.345. The lowest BCUT2D eigenvalue weighted by Crippen LogP contribution is -2.30. The third kappa shape index (κ3) is 4.70. The van der Waals surface area contributed by atoms with Crippen molar-refractivity contribution in [1.29, 1.82) is 0 Å². The number of amides is 1. The molecule has 6 rings (SSSR count). The summed E-state index contributed by atoms with van der Waals surface area (Å²) in [5.74, 6) is -0.681. The molecule has 1 aliphatic heterocycles. The van der Waals surface area contributed by atoms with Crippen molar-refractivity contribution in [2.75, 3.05) is 24.2 Å². The number of nitrogens with one attached hydrogen (secondary N) is 1. The Morgan fingerprint density at radius 1 is 1.13 bits per heavy atom. The number of aromatic nitrogens is 1. The number of rotatable bonds is 6. The van der Waals surface area contributed by atoms with Gasteiger partial charge in [-0.05, 0) is 55.4 Å². The molecule has 1 amide bonds. The van der Waals surface area contributed by atoms with Crippen LogP contribution in [0.1, 0.15) is 67.1 Å². The number of carbonyl (C=O) groups excluding carboxylic acids is 2. The highest BCUT2D eigenvalue weighted by molar-refractivity contribution is 7.21. The SMILES string of the molecule is CCOC(=O)c1c(NC(=O)c2sc3nc4c(cc3c2N)CN(Cc2ccccc2)CC4)sc2c1CCCC2. The zero-order valence-electron chi connectivity index (χ0n) is 21.3. The molecule has 0 radical (unpaired) electrons. The van der Waals surface area contributed by atoms with Crippen molar-refractivity contribution in [3.05, 3.63) is 74.1 Å². The second-order valence-electron chi connectivity index (χ2n) is 9.83. The fourth-order valence-electron chi connectivity index (χ4n) is 5.43. The van der Waals surface area contributed by atoms with Crippen LogP contribution in [0.4, 0.5) is 10.7 Å². The van der Waals surface area contributed by atoms with Crippen LogP contribution >= 0.6 is 22.7 Å². The summed E-state index contributed by atoms with van der Waals surface area (Å²) in [6, 6.07) is 12.6. The quantitative estimate of drug-likeness (QED) is 0.297. The van der Waals surface area contributed by atoms with E-state index in [1.54, 1.807) is 6.92 Å². The van der Waals surface area contributed by atoms with E-state index in [2.05, 4.69) is 40.5 Å². The number of carbonyl (C=O) groups is 2. The predicted molar refractivity (Wildman–Crippen MR) is 153 cm³/mol. The molecule has 0 saturated heterocycles. The summed E-state index contributed by atoms with van der Waals surface area (Å²) in [4.78, 5) is 36.0. The number of ether oxygens (including phenoxy) is 1. The number of aryl methyl sites for hydroxylation is 1. The van der Waals surface area contributed by atoms with E-state index in [1.165, 1.54) is 28.2 Å². The van der Waals surface area contributed by atoms with Crippen LogP contribution in [-0.4, -0.2) is 34.9 Å². The molecular weight excluding hydrogens is 516 g/mol. The maximum absolute atomic E-state index is 13.5. The fourth-order valence-corrected chi connectivity index (χ4v) is 7.70. The molecule has 2 aliphatic rings. The molecule has 9 heteroatoms. The first-order chi connectivity index (χ1) is 18.5. The molecule has 3 N–H and O–H groups in total. The number of nitrogens with zero attached hydrogens (tertiary/aromatic N) is 2. The normalized spacial score (nSPS) is 15.2. The minimum atomic E-state index is -0.374. The number of anilines is 2. The topological polar surface area (TPSA) is 97.5 Å². The molecule has 3 aromatic heterocycles. The van der Waals surface area contributed by atoms with Crippen molar-refractivity contribution in [2.45, 2.75) is 52.1 Å². The van der Waals surface area contributed by atoms with Gasteiger partial charge in [0.2, 0.25) is 0 Å². The lowest BCUT2D eigenvalue weighted by molar-refractivity contribution is 0.0526. The van der Waals surface area contributed by atoms with Crippen LogP contribution in [0.15, 0.2) is 36.4 Å². The first-order valence-electron chi connectivity index (χ1n) is 13.1. The van der Waals surface area contributed by atoms with E-state index in [1.807, 2.05) is 6.07 Å². The van der Waals surface area contributed by atoms with Crippen LogP contribution in [0.25, 0.3) is 10.2 Å². The molecule has 0 atom stereocenters. The highest BCUT2D eigenvalue weighted by Crippen LogP contribution is 2.40. The summed E-state index contributed by atoms with van der Waals surface area (Å²) < 4.78 is 5.34. The number of nitrogen functional groups attached to an aromatic ring is 1. The number of nitrogens with two attached hydrogens (primary N) is 1. The highest BCUT2D eigenvalue weighted by atomic mass is 32.1. The lowest BCUT2D eigenvalue weighted by atomic mass is 9.95. The Morgan fingerprint density at radius 3 is 2.76 bits per heavy atom. The number of pyridine rings is 1. The van der Waals surface area contributed by atoms with Crippen LogP contribution in [0.3, 0.4) is 0 Å². The summed E-state index contributed by atoms with van der Waals surface area (Å²) in [7, 11) is 0. The van der Waals surface area contributed by atoms with Crippen LogP contribution in [0.2, 0.25) is 0 Å². The van der Waals surface area contributed by atoms with Gasteiger partial charge in [0.1, 0.15) is 14.7 Å². The molecule has 0 saturated carbocycles. The minimum Gasteiger partial charge on any atom is -0.462 e. The molecule has 0 fully saturated rings. The first-order valence-corrected chi connectivity index (χ1v) is 14.7. The van der Waals surface area contributed by atoms with Gasteiger partial charge in [-0.3, -0.25) is 9.69 Å². The largest absolute Gasteiger partial charge is 0.462 e. The molecule has 0 spiro atoms. The van der Waals surface area contributed by atoms with Crippen LogP contribution in [0.5, 0.6) is 0 Å². The number of hydrogen-bond donors (Lipinski definition) is 2. The number of fused-ring (bicyclic) bond motifs is 3. The number of hydrogen-bond acceptors (Lipinski definition) is 8. The molecule has 4 aromatic rings. The van der Waals surface area contributed by atoms with E-state index < -0.39 is 0 Å². The average molecular weight is 547 g/mol. The van der Waals surface area contributed by atoms with E-state index in [9.17, 15) is 9.59 Å². The third-order valence-corrected chi connectivity index (χ3v) is 9.60. The molecule has 0 bridgehead atoms. The van der Waals surface area contributed by atoms with Gasteiger partial charge < -0.3 is 15.8 Å². The predicted octanol–water partition coefficient (Wildman–Crippen LogP) is 5.81. The third-order valence-electron chi connectivity index (χ3n) is 7.28. The van der Waals surface area contributed by atoms with E-state index in [0.717, 1.165) is 83.7 Å². The van der Waals surface area contributed by atoms with Crippen LogP contribution in [0, 0.1) is 0 Å².